The lowest BCUT2D eigenvalue weighted by Crippen LogP contribution is -2.25. The molecule has 0 spiro atoms. The molecular weight excluding hydrogens is 344 g/mol. The van der Waals surface area contributed by atoms with Crippen LogP contribution in [-0.4, -0.2) is 11.1 Å². The molecule has 0 aromatic heterocycles. The maximum absolute atomic E-state index is 10.6. The summed E-state index contributed by atoms with van der Waals surface area (Å²) in [4.78, 5) is 10.6. The molecule has 0 unspecified atom stereocenters. The molecule has 1 aromatic carbocycles. The molecule has 2 aliphatic rings. The maximum Gasteiger partial charge on any atom is 0.303 e. The SMILES string of the molecule is O=C(O)CCC=CC1CCC(C2CCC(c3ccc(Cl)cc3)CC2)CC1. The molecule has 0 amide bonds. The van der Waals surface area contributed by atoms with Crippen LogP contribution in [0.4, 0.5) is 0 Å². The van der Waals surface area contributed by atoms with Crippen LogP contribution in [0.3, 0.4) is 0 Å². The van der Waals surface area contributed by atoms with Gasteiger partial charge in [-0.15, -0.1) is 0 Å². The third kappa shape index (κ3) is 5.61. The van der Waals surface area contributed by atoms with E-state index in [9.17, 15) is 4.79 Å². The van der Waals surface area contributed by atoms with E-state index in [-0.39, 0.29) is 6.42 Å². The van der Waals surface area contributed by atoms with E-state index >= 15 is 0 Å². The zero-order chi connectivity index (χ0) is 18.4. The molecule has 0 heterocycles. The first kappa shape index (κ1) is 19.5. The standard InChI is InChI=1S/C23H31ClO2/c24-22-15-13-21(14-16-22)20-11-9-19(10-12-20)18-7-5-17(6-8-18)3-1-2-4-23(25)26/h1,3,13-20H,2,4-12H2,(H,25,26). The molecule has 0 saturated heterocycles. The van der Waals surface area contributed by atoms with Gasteiger partial charge in [0.1, 0.15) is 0 Å². The van der Waals surface area contributed by atoms with Crippen LogP contribution in [0.2, 0.25) is 5.02 Å². The minimum Gasteiger partial charge on any atom is -0.481 e. The Kier molecular flexibility index (Phi) is 7.19. The molecular formula is C23H31ClO2. The highest BCUT2D eigenvalue weighted by Crippen LogP contribution is 2.44. The van der Waals surface area contributed by atoms with Gasteiger partial charge in [-0.3, -0.25) is 4.79 Å². The van der Waals surface area contributed by atoms with Crippen LogP contribution in [0.5, 0.6) is 0 Å². The number of aliphatic carboxylic acids is 1. The minimum absolute atomic E-state index is 0.253. The second-order valence-electron chi connectivity index (χ2n) is 8.20. The molecule has 2 aliphatic carbocycles. The fourth-order valence-corrected chi connectivity index (χ4v) is 5.09. The van der Waals surface area contributed by atoms with Crippen molar-refractivity contribution < 1.29 is 9.90 Å². The summed E-state index contributed by atoms with van der Waals surface area (Å²) in [6, 6.07) is 8.45. The Balaban J connectivity index is 1.39. The molecule has 0 aliphatic heterocycles. The lowest BCUT2D eigenvalue weighted by Gasteiger charge is -2.37. The Bertz CT molecular complexity index is 591. The molecule has 2 saturated carbocycles. The molecule has 0 bridgehead atoms. The molecule has 0 radical (unpaired) electrons. The summed E-state index contributed by atoms with van der Waals surface area (Å²) in [6.07, 6.45) is 15.9. The molecule has 0 atom stereocenters. The summed E-state index contributed by atoms with van der Waals surface area (Å²) < 4.78 is 0. The van der Waals surface area contributed by atoms with Crippen molar-refractivity contribution in [2.75, 3.05) is 0 Å². The van der Waals surface area contributed by atoms with Gasteiger partial charge in [-0.05, 0) is 99.2 Å². The predicted molar refractivity (Wildman–Crippen MR) is 108 cm³/mol. The molecule has 3 heteroatoms. The molecule has 3 rings (SSSR count). The van der Waals surface area contributed by atoms with Gasteiger partial charge in [0.2, 0.25) is 0 Å². The Morgan fingerprint density at radius 3 is 2.12 bits per heavy atom. The first-order chi connectivity index (χ1) is 12.6. The van der Waals surface area contributed by atoms with E-state index in [0.29, 0.717) is 12.3 Å². The van der Waals surface area contributed by atoms with Crippen LogP contribution < -0.4 is 0 Å². The zero-order valence-corrected chi connectivity index (χ0v) is 16.3. The van der Waals surface area contributed by atoms with Gasteiger partial charge in [-0.1, -0.05) is 35.9 Å². The van der Waals surface area contributed by atoms with E-state index in [0.717, 1.165) is 22.8 Å². The van der Waals surface area contributed by atoms with Gasteiger partial charge in [-0.2, -0.15) is 0 Å². The van der Waals surface area contributed by atoms with Gasteiger partial charge in [0.15, 0.2) is 0 Å². The second-order valence-corrected chi connectivity index (χ2v) is 8.64. The second kappa shape index (κ2) is 9.60. The number of hydrogen-bond donors (Lipinski definition) is 1. The number of benzene rings is 1. The summed E-state index contributed by atoms with van der Waals surface area (Å²) in [7, 11) is 0. The highest BCUT2D eigenvalue weighted by molar-refractivity contribution is 6.30. The van der Waals surface area contributed by atoms with Crippen LogP contribution in [0.25, 0.3) is 0 Å². The lowest BCUT2D eigenvalue weighted by atomic mass is 9.68. The quantitative estimate of drug-likeness (QED) is 0.553. The Hall–Kier alpha value is -1.28. The van der Waals surface area contributed by atoms with Gasteiger partial charge in [0, 0.05) is 11.4 Å². The Morgan fingerprint density at radius 2 is 1.54 bits per heavy atom. The van der Waals surface area contributed by atoms with E-state index < -0.39 is 5.97 Å². The highest BCUT2D eigenvalue weighted by atomic mass is 35.5. The number of carboxylic acid groups (broad SMARTS) is 1. The fourth-order valence-electron chi connectivity index (χ4n) is 4.96. The van der Waals surface area contributed by atoms with Crippen LogP contribution in [0, 0.1) is 17.8 Å². The first-order valence-electron chi connectivity index (χ1n) is 10.3. The fraction of sp³-hybridized carbons (Fsp3) is 0.609. The largest absolute Gasteiger partial charge is 0.481 e. The van der Waals surface area contributed by atoms with Crippen molar-refractivity contribution in [2.24, 2.45) is 17.8 Å². The predicted octanol–water partition coefficient (Wildman–Crippen LogP) is 6.84. The number of halogens is 1. The smallest absolute Gasteiger partial charge is 0.303 e. The maximum atomic E-state index is 10.6. The van der Waals surface area contributed by atoms with E-state index in [1.165, 1.54) is 56.9 Å². The molecule has 142 valence electrons. The molecule has 1 aromatic rings. The molecule has 1 N–H and O–H groups in total. The van der Waals surface area contributed by atoms with Gasteiger partial charge < -0.3 is 5.11 Å². The summed E-state index contributed by atoms with van der Waals surface area (Å²) in [5.74, 6) is 2.51. The summed E-state index contributed by atoms with van der Waals surface area (Å²) >= 11 is 6.01. The van der Waals surface area contributed by atoms with Crippen molar-refractivity contribution in [3.05, 3.63) is 47.0 Å². The van der Waals surface area contributed by atoms with Crippen molar-refractivity contribution >= 4 is 17.6 Å². The van der Waals surface area contributed by atoms with Crippen molar-refractivity contribution in [3.8, 4) is 0 Å². The summed E-state index contributed by atoms with van der Waals surface area (Å²) in [6.45, 7) is 0. The monoisotopic (exact) mass is 374 g/mol. The third-order valence-electron chi connectivity index (χ3n) is 6.53. The average Bonchev–Trinajstić information content (AvgIpc) is 2.66. The van der Waals surface area contributed by atoms with Crippen molar-refractivity contribution in [1.29, 1.82) is 0 Å². The number of carbonyl (C=O) groups is 1. The van der Waals surface area contributed by atoms with E-state index in [4.69, 9.17) is 16.7 Å². The molecule has 2 nitrogen and oxygen atoms in total. The van der Waals surface area contributed by atoms with Gasteiger partial charge in [0.25, 0.3) is 0 Å². The molecule has 2 fully saturated rings. The van der Waals surface area contributed by atoms with E-state index in [1.54, 1.807) is 0 Å². The van der Waals surface area contributed by atoms with Crippen LogP contribution in [-0.2, 0) is 4.79 Å². The zero-order valence-electron chi connectivity index (χ0n) is 15.6. The lowest BCUT2D eigenvalue weighted by molar-refractivity contribution is -0.136. The number of carboxylic acids is 1. The van der Waals surface area contributed by atoms with Crippen LogP contribution in [0.15, 0.2) is 36.4 Å². The van der Waals surface area contributed by atoms with Crippen LogP contribution in [0.1, 0.15) is 75.7 Å². The average molecular weight is 375 g/mol. The summed E-state index contributed by atoms with van der Waals surface area (Å²) in [5.41, 5.74) is 1.46. The summed E-state index contributed by atoms with van der Waals surface area (Å²) in [5, 5.41) is 9.52. The minimum atomic E-state index is -0.701. The van der Waals surface area contributed by atoms with Crippen molar-refractivity contribution in [1.82, 2.24) is 0 Å². The Labute approximate surface area is 162 Å². The number of hydrogen-bond acceptors (Lipinski definition) is 1. The topological polar surface area (TPSA) is 37.3 Å². The first-order valence-corrected chi connectivity index (χ1v) is 10.6. The van der Waals surface area contributed by atoms with Gasteiger partial charge in [-0.25, -0.2) is 0 Å². The normalized spacial score (nSPS) is 29.7. The molecule has 26 heavy (non-hydrogen) atoms. The van der Waals surface area contributed by atoms with Crippen molar-refractivity contribution in [2.45, 2.75) is 70.1 Å². The number of rotatable bonds is 6. The number of allylic oxidation sites excluding steroid dienone is 2. The van der Waals surface area contributed by atoms with Gasteiger partial charge in [0.05, 0.1) is 0 Å². The van der Waals surface area contributed by atoms with E-state index in [2.05, 4.69) is 24.3 Å². The Morgan fingerprint density at radius 1 is 0.962 bits per heavy atom. The van der Waals surface area contributed by atoms with Crippen LogP contribution >= 0.6 is 11.6 Å². The van der Waals surface area contributed by atoms with Gasteiger partial charge >= 0.3 is 5.97 Å². The van der Waals surface area contributed by atoms with Crippen molar-refractivity contribution in [3.63, 3.8) is 0 Å². The highest BCUT2D eigenvalue weighted by Gasteiger charge is 2.30. The third-order valence-corrected chi connectivity index (χ3v) is 6.78. The van der Waals surface area contributed by atoms with E-state index in [1.807, 2.05) is 12.1 Å².